The van der Waals surface area contributed by atoms with Gasteiger partial charge in [-0.2, -0.15) is 13.2 Å². The van der Waals surface area contributed by atoms with E-state index in [4.69, 9.17) is 4.74 Å². The number of nitro groups is 1. The summed E-state index contributed by atoms with van der Waals surface area (Å²) in [6, 6.07) is 8.00. The van der Waals surface area contributed by atoms with E-state index in [9.17, 15) is 23.3 Å². The number of alkyl halides is 3. The van der Waals surface area contributed by atoms with E-state index in [1.165, 1.54) is 24.5 Å². The molecule has 0 fully saturated rings. The minimum absolute atomic E-state index is 0.174. The minimum atomic E-state index is -4.82. The molecular weight excluding hydrogens is 345 g/mol. The Morgan fingerprint density at radius 1 is 1.21 bits per heavy atom. The molecule has 0 spiro atoms. The summed E-state index contributed by atoms with van der Waals surface area (Å²) in [5.41, 5.74) is -1.48. The lowest BCUT2D eigenvalue weighted by Crippen LogP contribution is -2.09. The minimum Gasteiger partial charge on any atom is -0.497 e. The molecule has 0 radical (unpaired) electrons. The molecule has 0 unspecified atom stereocenters. The van der Waals surface area contributed by atoms with Crippen LogP contribution in [0, 0.1) is 10.1 Å². The quantitative estimate of drug-likeness (QED) is 0.496. The number of rotatable bonds is 3. The maximum Gasteiger partial charge on any atom is 0.423 e. The lowest BCUT2D eigenvalue weighted by Gasteiger charge is -2.08. The molecule has 2 aromatic carbocycles. The predicted molar refractivity (Wildman–Crippen MR) is 83.3 cm³/mol. The van der Waals surface area contributed by atoms with Gasteiger partial charge in [-0.25, -0.2) is 4.98 Å². The number of hydrogen-bond acceptors (Lipinski definition) is 5. The summed E-state index contributed by atoms with van der Waals surface area (Å²) in [6.07, 6.45) is -4.82. The summed E-state index contributed by atoms with van der Waals surface area (Å²) in [7, 11) is 1.51. The van der Waals surface area contributed by atoms with Gasteiger partial charge >= 0.3 is 6.18 Å². The zero-order valence-corrected chi connectivity index (χ0v) is 12.9. The van der Waals surface area contributed by atoms with Gasteiger partial charge in [0.2, 0.25) is 0 Å². The Hall–Kier alpha value is -2.68. The van der Waals surface area contributed by atoms with Crippen LogP contribution in [0.25, 0.3) is 20.8 Å². The van der Waals surface area contributed by atoms with Gasteiger partial charge in [0.25, 0.3) is 5.69 Å². The lowest BCUT2D eigenvalue weighted by atomic mass is 10.1. The van der Waals surface area contributed by atoms with Gasteiger partial charge in [0.05, 0.1) is 22.2 Å². The van der Waals surface area contributed by atoms with Gasteiger partial charge in [-0.3, -0.25) is 10.1 Å². The number of nitro benzene ring substituents is 1. The molecule has 9 heteroatoms. The Balaban J connectivity index is 2.14. The molecular formula is C15H9F3N2O3S. The van der Waals surface area contributed by atoms with Gasteiger partial charge in [-0.15, -0.1) is 11.3 Å². The zero-order chi connectivity index (χ0) is 17.5. The predicted octanol–water partition coefficient (Wildman–Crippen LogP) is 4.90. The van der Waals surface area contributed by atoms with Gasteiger partial charge in [0, 0.05) is 11.6 Å². The topological polar surface area (TPSA) is 65.3 Å². The highest BCUT2D eigenvalue weighted by molar-refractivity contribution is 7.21. The maximum atomic E-state index is 13.1. The van der Waals surface area contributed by atoms with Crippen molar-refractivity contribution in [2.75, 3.05) is 7.11 Å². The van der Waals surface area contributed by atoms with Gasteiger partial charge in [-0.1, -0.05) is 0 Å². The van der Waals surface area contributed by atoms with Crippen LogP contribution in [0.5, 0.6) is 5.75 Å². The Labute approximate surface area is 137 Å². The van der Waals surface area contributed by atoms with Gasteiger partial charge in [0.1, 0.15) is 16.3 Å². The number of hydrogen-bond donors (Lipinski definition) is 0. The molecule has 0 saturated heterocycles. The second-order valence-corrected chi connectivity index (χ2v) is 5.87. The van der Waals surface area contributed by atoms with Gasteiger partial charge in [0.15, 0.2) is 0 Å². The number of thiazole rings is 1. The van der Waals surface area contributed by atoms with E-state index in [2.05, 4.69) is 4.98 Å². The van der Waals surface area contributed by atoms with Crippen LogP contribution in [0.15, 0.2) is 36.4 Å². The Kier molecular flexibility index (Phi) is 3.88. The maximum absolute atomic E-state index is 13.1. The van der Waals surface area contributed by atoms with Crippen molar-refractivity contribution < 1.29 is 22.8 Å². The summed E-state index contributed by atoms with van der Waals surface area (Å²) in [5.74, 6) is 0.609. The van der Waals surface area contributed by atoms with E-state index >= 15 is 0 Å². The molecule has 3 aromatic rings. The van der Waals surface area contributed by atoms with Crippen LogP contribution in [0.4, 0.5) is 18.9 Å². The molecule has 0 aliphatic rings. The zero-order valence-electron chi connectivity index (χ0n) is 12.1. The number of ether oxygens (including phenoxy) is 1. The molecule has 1 heterocycles. The van der Waals surface area contributed by atoms with Crippen LogP contribution in [0.2, 0.25) is 0 Å². The highest BCUT2D eigenvalue weighted by atomic mass is 32.1. The average Bonchev–Trinajstić information content (AvgIpc) is 2.96. The third-order valence-corrected chi connectivity index (χ3v) is 4.41. The monoisotopic (exact) mass is 354 g/mol. The SMILES string of the molecule is COc1ccc2nc(-c3ccc([N+](=O)[O-])c(C(F)(F)F)c3)sc2c1. The van der Waals surface area contributed by atoms with Crippen molar-refractivity contribution in [1.82, 2.24) is 4.98 Å². The van der Waals surface area contributed by atoms with Crippen molar-refractivity contribution in [3.63, 3.8) is 0 Å². The fraction of sp³-hybridized carbons (Fsp3) is 0.133. The van der Waals surface area contributed by atoms with E-state index < -0.39 is 22.4 Å². The third kappa shape index (κ3) is 2.90. The fourth-order valence-electron chi connectivity index (χ4n) is 2.21. The Morgan fingerprint density at radius 3 is 2.58 bits per heavy atom. The molecule has 3 rings (SSSR count). The lowest BCUT2D eigenvalue weighted by molar-refractivity contribution is -0.388. The summed E-state index contributed by atoms with van der Waals surface area (Å²) in [5, 5.41) is 11.2. The first-order valence-electron chi connectivity index (χ1n) is 6.60. The first-order valence-corrected chi connectivity index (χ1v) is 7.42. The van der Waals surface area contributed by atoms with Crippen LogP contribution < -0.4 is 4.74 Å². The molecule has 0 saturated carbocycles. The van der Waals surface area contributed by atoms with Gasteiger partial charge in [-0.05, 0) is 30.3 Å². The first kappa shape index (κ1) is 16.2. The molecule has 24 heavy (non-hydrogen) atoms. The van der Waals surface area contributed by atoms with E-state index in [1.54, 1.807) is 18.2 Å². The van der Waals surface area contributed by atoms with Crippen molar-refractivity contribution in [1.29, 1.82) is 0 Å². The summed E-state index contributed by atoms with van der Waals surface area (Å²) < 4.78 is 45.1. The molecule has 0 aliphatic heterocycles. The highest BCUT2D eigenvalue weighted by Crippen LogP contribution is 2.40. The van der Waals surface area contributed by atoms with Crippen molar-refractivity contribution in [3.05, 3.63) is 52.1 Å². The second kappa shape index (κ2) is 5.75. The van der Waals surface area contributed by atoms with Crippen molar-refractivity contribution in [3.8, 4) is 16.3 Å². The number of nitrogens with zero attached hydrogens (tertiary/aromatic N) is 2. The van der Waals surface area contributed by atoms with Crippen LogP contribution in [-0.2, 0) is 6.18 Å². The van der Waals surface area contributed by atoms with Crippen LogP contribution in [-0.4, -0.2) is 17.0 Å². The third-order valence-electron chi connectivity index (χ3n) is 3.34. The molecule has 0 aliphatic carbocycles. The standard InChI is InChI=1S/C15H9F3N2O3S/c1-23-9-3-4-11-13(7-9)24-14(19-11)8-2-5-12(20(21)22)10(6-8)15(16,17)18/h2-7H,1H3. The second-order valence-electron chi connectivity index (χ2n) is 4.84. The first-order chi connectivity index (χ1) is 11.3. The van der Waals surface area contributed by atoms with Crippen molar-refractivity contribution >= 4 is 27.2 Å². The normalized spacial score (nSPS) is 11.7. The van der Waals surface area contributed by atoms with E-state index in [0.717, 1.165) is 16.8 Å². The number of benzene rings is 2. The Bertz CT molecular complexity index is 937. The van der Waals surface area contributed by atoms with Gasteiger partial charge < -0.3 is 4.74 Å². The molecule has 0 amide bonds. The molecule has 0 atom stereocenters. The molecule has 1 aromatic heterocycles. The largest absolute Gasteiger partial charge is 0.497 e. The number of fused-ring (bicyclic) bond motifs is 1. The van der Waals surface area contributed by atoms with Crippen molar-refractivity contribution in [2.45, 2.75) is 6.18 Å². The molecule has 0 N–H and O–H groups in total. The smallest absolute Gasteiger partial charge is 0.423 e. The molecule has 5 nitrogen and oxygen atoms in total. The summed E-state index contributed by atoms with van der Waals surface area (Å²) in [4.78, 5) is 14.0. The number of aromatic nitrogens is 1. The fourth-order valence-corrected chi connectivity index (χ4v) is 3.20. The molecule has 124 valence electrons. The van der Waals surface area contributed by atoms with E-state index in [-0.39, 0.29) is 5.56 Å². The molecule has 0 bridgehead atoms. The Morgan fingerprint density at radius 2 is 1.96 bits per heavy atom. The summed E-state index contributed by atoms with van der Waals surface area (Å²) >= 11 is 1.19. The van der Waals surface area contributed by atoms with E-state index in [1.807, 2.05) is 0 Å². The average molecular weight is 354 g/mol. The highest BCUT2D eigenvalue weighted by Gasteiger charge is 2.38. The number of methoxy groups -OCH3 is 1. The summed E-state index contributed by atoms with van der Waals surface area (Å²) in [6.45, 7) is 0. The van der Waals surface area contributed by atoms with Crippen LogP contribution in [0.3, 0.4) is 0 Å². The number of halogens is 3. The van der Waals surface area contributed by atoms with Crippen LogP contribution >= 0.6 is 11.3 Å². The van der Waals surface area contributed by atoms with Crippen molar-refractivity contribution in [2.24, 2.45) is 0 Å². The van der Waals surface area contributed by atoms with Crippen LogP contribution in [0.1, 0.15) is 5.56 Å². The van der Waals surface area contributed by atoms with E-state index in [0.29, 0.717) is 16.3 Å².